The standard InChI is InChI=1S/2C21H23N2.2C15H15N3.2Ir/c2*1-15(2)18-11-8-12-19(16(3)4)20(18)23-14-13-22-21(23)17-9-6-5-7-10-17;2*1-12(2)17-11-18(13-7-4-3-5-8-13)15-14(17)9-6-10-16-15;;/h2*5-9,11-16H,1-4H3;2*3-7,9-12H,1-2H3;;/q2*-1;2*-2;2*+3. The van der Waals surface area contributed by atoms with Crippen LogP contribution in [0.2, 0.25) is 0 Å². The molecular weight excluding hydrogens is 1390 g/mol. The number of benzene rings is 6. The van der Waals surface area contributed by atoms with Crippen LogP contribution in [0, 0.1) is 37.6 Å². The first-order valence-electron chi connectivity index (χ1n) is 28.7. The number of rotatable bonds is 12. The van der Waals surface area contributed by atoms with E-state index in [0.29, 0.717) is 35.8 Å². The molecule has 12 heteroatoms. The van der Waals surface area contributed by atoms with E-state index in [9.17, 15) is 0 Å². The van der Waals surface area contributed by atoms with E-state index in [1.807, 2.05) is 122 Å². The Kier molecular flexibility index (Phi) is 22.8. The van der Waals surface area contributed by atoms with E-state index < -0.39 is 0 Å². The molecule has 0 unspecified atom stereocenters. The molecule has 0 radical (unpaired) electrons. The van der Waals surface area contributed by atoms with Gasteiger partial charge in [0.2, 0.25) is 0 Å². The molecule has 0 saturated heterocycles. The molecule has 6 aromatic carbocycles. The van der Waals surface area contributed by atoms with E-state index >= 15 is 0 Å². The van der Waals surface area contributed by atoms with Crippen LogP contribution in [-0.2, 0) is 40.2 Å². The third-order valence-corrected chi connectivity index (χ3v) is 14.4. The van der Waals surface area contributed by atoms with E-state index in [4.69, 9.17) is 0 Å². The summed E-state index contributed by atoms with van der Waals surface area (Å²) < 4.78 is 4.44. The second kappa shape index (κ2) is 29.9. The maximum absolute atomic E-state index is 4.60. The van der Waals surface area contributed by atoms with Crippen molar-refractivity contribution in [1.29, 1.82) is 0 Å². The zero-order valence-corrected chi connectivity index (χ0v) is 55.0. The van der Waals surface area contributed by atoms with Crippen LogP contribution in [0.3, 0.4) is 0 Å². The van der Waals surface area contributed by atoms with Crippen molar-refractivity contribution < 1.29 is 40.2 Å². The van der Waals surface area contributed by atoms with Crippen LogP contribution in [0.5, 0.6) is 0 Å². The summed E-state index contributed by atoms with van der Waals surface area (Å²) in [5.74, 6) is 5.65. The summed E-state index contributed by atoms with van der Waals surface area (Å²) in [5.41, 5.74) is 14.3. The molecule has 10 aromatic rings. The Morgan fingerprint density at radius 3 is 1.00 bits per heavy atom. The van der Waals surface area contributed by atoms with Crippen LogP contribution in [0.4, 0.5) is 34.4 Å². The Morgan fingerprint density at radius 1 is 0.357 bits per heavy atom. The summed E-state index contributed by atoms with van der Waals surface area (Å²) in [6.07, 6.45) is 11.5. The monoisotopic (exact) mass is 1470 g/mol. The van der Waals surface area contributed by atoms with Crippen LogP contribution in [0.15, 0.2) is 195 Å². The van der Waals surface area contributed by atoms with E-state index in [1.165, 1.54) is 33.6 Å². The predicted octanol–water partition coefficient (Wildman–Crippen LogP) is 17.9. The SMILES string of the molecule is CC(C)N1[CH-]N(c2[c-]cccc2)c2ncccc21.CC(C)N1[CH-]N(c2[c-]cccc2)c2ncccc21.CC(C)c1cccc(C(C)C)c1-n1ccnc1-c1[c-]cccc1.CC(C)c1cccc(C(C)C)c1-n1ccnc1-c1[c-]cccc1.[Ir+3].[Ir+3]. The molecule has 6 heterocycles. The van der Waals surface area contributed by atoms with E-state index in [-0.39, 0.29) is 40.2 Å². The quantitative estimate of drug-likeness (QED) is 0.112. The maximum Gasteiger partial charge on any atom is 3.00 e. The molecule has 2 aliphatic heterocycles. The maximum atomic E-state index is 4.60. The molecule has 0 aliphatic carbocycles. The Bertz CT molecular complexity index is 3310. The number of anilines is 6. The number of nitrogens with zero attached hydrogens (tertiary/aromatic N) is 10. The minimum absolute atomic E-state index is 0. The van der Waals surface area contributed by atoms with Gasteiger partial charge in [-0.15, -0.1) is 96.5 Å². The van der Waals surface area contributed by atoms with E-state index in [2.05, 4.69) is 242 Å². The zero-order chi connectivity index (χ0) is 57.9. The van der Waals surface area contributed by atoms with Crippen molar-refractivity contribution >= 4 is 34.4 Å². The first kappa shape index (κ1) is 64.1. The van der Waals surface area contributed by atoms with Gasteiger partial charge in [0, 0.05) is 59.9 Å². The van der Waals surface area contributed by atoms with E-state index in [0.717, 1.165) is 57.2 Å². The van der Waals surface area contributed by atoms with Crippen LogP contribution in [0.25, 0.3) is 34.2 Å². The van der Waals surface area contributed by atoms with Gasteiger partial charge in [0.15, 0.2) is 0 Å². The van der Waals surface area contributed by atoms with Gasteiger partial charge in [-0.2, -0.15) is 60.7 Å². The van der Waals surface area contributed by atoms with Crippen molar-refractivity contribution in [2.75, 3.05) is 19.6 Å². The van der Waals surface area contributed by atoms with Crippen molar-refractivity contribution in [3.63, 3.8) is 0 Å². The fraction of sp³-hybridized carbons (Fsp3) is 0.250. The number of para-hydroxylation sites is 4. The Morgan fingerprint density at radius 2 is 0.702 bits per heavy atom. The minimum Gasteiger partial charge on any atom is -0.498 e. The summed E-state index contributed by atoms with van der Waals surface area (Å²) in [4.78, 5) is 26.8. The van der Waals surface area contributed by atoms with Crippen LogP contribution < -0.4 is 19.6 Å². The largest absolute Gasteiger partial charge is 3.00 e. The second-order valence-corrected chi connectivity index (χ2v) is 22.1. The number of hydrogen-bond donors (Lipinski definition) is 0. The van der Waals surface area contributed by atoms with Crippen LogP contribution in [0.1, 0.15) is 129 Å². The number of fused-ring (bicyclic) bond motifs is 2. The summed E-state index contributed by atoms with van der Waals surface area (Å²) >= 11 is 0. The predicted molar refractivity (Wildman–Crippen MR) is 339 cm³/mol. The van der Waals surface area contributed by atoms with Gasteiger partial charge in [-0.1, -0.05) is 91.8 Å². The van der Waals surface area contributed by atoms with Crippen molar-refractivity contribution in [3.8, 4) is 34.2 Å². The van der Waals surface area contributed by atoms with Crippen LogP contribution in [-0.4, -0.2) is 41.2 Å². The molecule has 0 atom stereocenters. The van der Waals surface area contributed by atoms with Gasteiger partial charge < -0.3 is 28.7 Å². The first-order valence-corrected chi connectivity index (χ1v) is 28.7. The third-order valence-electron chi connectivity index (χ3n) is 14.4. The zero-order valence-electron chi connectivity index (χ0n) is 50.2. The van der Waals surface area contributed by atoms with Gasteiger partial charge >= 0.3 is 40.2 Å². The van der Waals surface area contributed by atoms with Gasteiger partial charge in [0.25, 0.3) is 0 Å². The summed E-state index contributed by atoms with van der Waals surface area (Å²) in [7, 11) is 0. The van der Waals surface area contributed by atoms with Crippen LogP contribution >= 0.6 is 0 Å². The van der Waals surface area contributed by atoms with Gasteiger partial charge in [0.1, 0.15) is 11.6 Å². The molecule has 432 valence electrons. The fourth-order valence-electron chi connectivity index (χ4n) is 10.3. The topological polar surface area (TPSA) is 74.4 Å². The Labute approximate surface area is 527 Å². The number of hydrogen-bond acceptors (Lipinski definition) is 8. The second-order valence-electron chi connectivity index (χ2n) is 22.1. The van der Waals surface area contributed by atoms with Crippen molar-refractivity contribution in [2.24, 2.45) is 0 Å². The Hall–Kier alpha value is -7.46. The van der Waals surface area contributed by atoms with Gasteiger partial charge in [-0.25, -0.2) is 9.97 Å². The molecule has 0 bridgehead atoms. The molecule has 12 rings (SSSR count). The minimum atomic E-state index is 0. The number of pyridine rings is 2. The number of imidazole rings is 2. The first-order chi connectivity index (χ1) is 39.7. The molecule has 84 heavy (non-hydrogen) atoms. The van der Waals surface area contributed by atoms with Crippen molar-refractivity contribution in [2.45, 2.75) is 119 Å². The average Bonchev–Trinajstić information content (AvgIpc) is 3.00. The summed E-state index contributed by atoms with van der Waals surface area (Å²) in [6.45, 7) is 30.8. The molecule has 0 saturated carbocycles. The van der Waals surface area contributed by atoms with Gasteiger partial charge in [-0.3, -0.25) is 9.97 Å². The Balaban J connectivity index is 0.000000160. The number of aromatic nitrogens is 6. The smallest absolute Gasteiger partial charge is 0.498 e. The molecule has 10 nitrogen and oxygen atoms in total. The molecule has 0 amide bonds. The molecule has 0 N–H and O–H groups in total. The molecule has 0 spiro atoms. The summed E-state index contributed by atoms with van der Waals surface area (Å²) in [6, 6.07) is 67.2. The molecular formula is C72H76Ir2N10. The normalized spacial score (nSPS) is 12.3. The van der Waals surface area contributed by atoms with Gasteiger partial charge in [0.05, 0.1) is 11.6 Å². The average molecular weight is 1470 g/mol. The van der Waals surface area contributed by atoms with E-state index in [1.54, 1.807) is 0 Å². The third kappa shape index (κ3) is 14.5. The van der Waals surface area contributed by atoms with Crippen molar-refractivity contribution in [1.82, 2.24) is 29.1 Å². The van der Waals surface area contributed by atoms with Gasteiger partial charge in [-0.05, 0) is 110 Å². The molecule has 2 aliphatic rings. The molecule has 4 aromatic heterocycles. The fourth-order valence-corrected chi connectivity index (χ4v) is 10.3. The molecule has 0 fully saturated rings. The summed E-state index contributed by atoms with van der Waals surface area (Å²) in [5, 5.41) is 0. The van der Waals surface area contributed by atoms with Crippen molar-refractivity contribution in [3.05, 3.63) is 255 Å².